The lowest BCUT2D eigenvalue weighted by Crippen LogP contribution is -2.42. The van der Waals surface area contributed by atoms with Gasteiger partial charge < -0.3 is 15.0 Å². The van der Waals surface area contributed by atoms with Crippen LogP contribution in [-0.2, 0) is 14.3 Å². The summed E-state index contributed by atoms with van der Waals surface area (Å²) in [5.74, 6) is -0.891. The lowest BCUT2D eigenvalue weighted by atomic mass is 10.1. The van der Waals surface area contributed by atoms with E-state index in [1.807, 2.05) is 0 Å². The molecule has 1 aromatic carbocycles. The average Bonchev–Trinajstić information content (AvgIpc) is 3.07. The number of carbonyl (C=O) groups excluding carboxylic acids is 3. The Hall–Kier alpha value is -2.37. The van der Waals surface area contributed by atoms with Crippen molar-refractivity contribution in [2.45, 2.75) is 45.6 Å². The van der Waals surface area contributed by atoms with E-state index in [9.17, 15) is 14.4 Å². The third kappa shape index (κ3) is 4.57. The lowest BCUT2D eigenvalue weighted by Gasteiger charge is -2.27. The zero-order chi connectivity index (χ0) is 17.5. The van der Waals surface area contributed by atoms with E-state index in [2.05, 4.69) is 5.32 Å². The first-order valence-corrected chi connectivity index (χ1v) is 8.36. The van der Waals surface area contributed by atoms with Crippen LogP contribution in [0, 0.1) is 0 Å². The number of anilines is 1. The Balaban J connectivity index is 2.06. The predicted octanol–water partition coefficient (Wildman–Crippen LogP) is 2.59. The Kier molecular flexibility index (Phi) is 6.35. The van der Waals surface area contributed by atoms with E-state index in [0.29, 0.717) is 11.3 Å². The highest BCUT2D eigenvalue weighted by Crippen LogP contribution is 2.24. The molecule has 2 amide bonds. The molecule has 0 saturated heterocycles. The fraction of sp³-hybridized carbons (Fsp3) is 0.500. The molecule has 0 aliphatic heterocycles. The molecule has 6 heteroatoms. The van der Waals surface area contributed by atoms with Crippen molar-refractivity contribution in [2.75, 3.05) is 18.5 Å². The van der Waals surface area contributed by atoms with Gasteiger partial charge in [-0.1, -0.05) is 25.0 Å². The Labute approximate surface area is 142 Å². The number of amides is 2. The van der Waals surface area contributed by atoms with Gasteiger partial charge in [0, 0.05) is 13.0 Å². The minimum absolute atomic E-state index is 0.00282. The van der Waals surface area contributed by atoms with Crippen LogP contribution in [-0.4, -0.2) is 41.9 Å². The van der Waals surface area contributed by atoms with Crippen molar-refractivity contribution >= 4 is 23.5 Å². The molecule has 0 unspecified atom stereocenters. The van der Waals surface area contributed by atoms with Gasteiger partial charge in [0.1, 0.15) is 6.54 Å². The third-order valence-corrected chi connectivity index (χ3v) is 4.18. The fourth-order valence-corrected chi connectivity index (χ4v) is 3.04. The van der Waals surface area contributed by atoms with Crippen LogP contribution in [0.1, 0.15) is 49.9 Å². The fourth-order valence-electron chi connectivity index (χ4n) is 3.04. The van der Waals surface area contributed by atoms with Crippen molar-refractivity contribution in [3.8, 4) is 0 Å². The van der Waals surface area contributed by atoms with Crippen molar-refractivity contribution in [3.05, 3.63) is 29.8 Å². The van der Waals surface area contributed by atoms with Crippen molar-refractivity contribution < 1.29 is 19.1 Å². The zero-order valence-electron chi connectivity index (χ0n) is 14.2. The van der Waals surface area contributed by atoms with Crippen molar-refractivity contribution in [1.82, 2.24) is 4.90 Å². The zero-order valence-corrected chi connectivity index (χ0v) is 14.2. The first kappa shape index (κ1) is 18.0. The molecule has 1 aliphatic carbocycles. The number of nitrogens with one attached hydrogen (secondary N) is 1. The van der Waals surface area contributed by atoms with Crippen LogP contribution in [0.5, 0.6) is 0 Å². The first-order valence-electron chi connectivity index (χ1n) is 8.36. The Bertz CT molecular complexity index is 609. The Morgan fingerprint density at radius 2 is 1.88 bits per heavy atom. The highest BCUT2D eigenvalue weighted by Gasteiger charge is 2.26. The molecule has 1 saturated carbocycles. The van der Waals surface area contributed by atoms with Crippen molar-refractivity contribution in [3.63, 3.8) is 0 Å². The van der Waals surface area contributed by atoms with Gasteiger partial charge in [0.05, 0.1) is 17.9 Å². The van der Waals surface area contributed by atoms with Crippen LogP contribution < -0.4 is 5.32 Å². The lowest BCUT2D eigenvalue weighted by molar-refractivity contribution is -0.135. The van der Waals surface area contributed by atoms with E-state index in [0.717, 1.165) is 25.7 Å². The smallest absolute Gasteiger partial charge is 0.340 e. The molecule has 6 nitrogen and oxygen atoms in total. The average molecular weight is 332 g/mol. The highest BCUT2D eigenvalue weighted by molar-refractivity contribution is 6.02. The van der Waals surface area contributed by atoms with Crippen LogP contribution in [0.2, 0.25) is 0 Å². The quantitative estimate of drug-likeness (QED) is 0.813. The number of ether oxygens (including phenoxy) is 1. The van der Waals surface area contributed by atoms with E-state index in [1.165, 1.54) is 6.92 Å². The van der Waals surface area contributed by atoms with Crippen LogP contribution in [0.3, 0.4) is 0 Å². The normalized spacial score (nSPS) is 14.2. The SMILES string of the molecule is CCOC(=O)c1ccccc1NC(=O)CN(C(C)=O)C1CCCC1. The van der Waals surface area contributed by atoms with Gasteiger partial charge >= 0.3 is 5.97 Å². The summed E-state index contributed by atoms with van der Waals surface area (Å²) in [6.45, 7) is 3.47. The van der Waals surface area contributed by atoms with E-state index in [1.54, 1.807) is 36.1 Å². The number of nitrogens with zero attached hydrogens (tertiary/aromatic N) is 1. The summed E-state index contributed by atoms with van der Waals surface area (Å²) in [5.41, 5.74) is 0.707. The first-order chi connectivity index (χ1) is 11.5. The van der Waals surface area contributed by atoms with E-state index in [4.69, 9.17) is 4.74 Å². The third-order valence-electron chi connectivity index (χ3n) is 4.18. The molecule has 0 radical (unpaired) electrons. The van der Waals surface area contributed by atoms with Crippen LogP contribution in [0.15, 0.2) is 24.3 Å². The van der Waals surface area contributed by atoms with Crippen molar-refractivity contribution in [1.29, 1.82) is 0 Å². The molecule has 0 aromatic heterocycles. The molecule has 0 atom stereocenters. The maximum absolute atomic E-state index is 12.4. The van der Waals surface area contributed by atoms with Gasteiger partial charge in [-0.2, -0.15) is 0 Å². The number of para-hydroxylation sites is 1. The summed E-state index contributed by atoms with van der Waals surface area (Å²) in [6.07, 6.45) is 4.04. The second-order valence-electron chi connectivity index (χ2n) is 5.90. The van der Waals surface area contributed by atoms with E-state index >= 15 is 0 Å². The van der Waals surface area contributed by atoms with Crippen LogP contribution in [0.25, 0.3) is 0 Å². The maximum Gasteiger partial charge on any atom is 0.340 e. The summed E-state index contributed by atoms with van der Waals surface area (Å²) in [7, 11) is 0. The summed E-state index contributed by atoms with van der Waals surface area (Å²) in [4.78, 5) is 37.8. The summed E-state index contributed by atoms with van der Waals surface area (Å²) in [5, 5.41) is 2.73. The van der Waals surface area contributed by atoms with Gasteiger partial charge in [-0.3, -0.25) is 9.59 Å². The molecular formula is C18H24N2O4. The van der Waals surface area contributed by atoms with Gasteiger partial charge in [0.15, 0.2) is 0 Å². The van der Waals surface area contributed by atoms with Gasteiger partial charge in [-0.25, -0.2) is 4.79 Å². The monoisotopic (exact) mass is 332 g/mol. The Morgan fingerprint density at radius 3 is 2.50 bits per heavy atom. The molecule has 1 fully saturated rings. The van der Waals surface area contributed by atoms with Gasteiger partial charge in [0.25, 0.3) is 0 Å². The van der Waals surface area contributed by atoms with Crippen LogP contribution >= 0.6 is 0 Å². The number of carbonyl (C=O) groups is 3. The second kappa shape index (κ2) is 8.47. The molecule has 0 bridgehead atoms. The molecule has 24 heavy (non-hydrogen) atoms. The predicted molar refractivity (Wildman–Crippen MR) is 90.7 cm³/mol. The molecule has 1 aromatic rings. The van der Waals surface area contributed by atoms with E-state index < -0.39 is 5.97 Å². The van der Waals surface area contributed by atoms with E-state index in [-0.39, 0.29) is 31.0 Å². The number of rotatable bonds is 6. The highest BCUT2D eigenvalue weighted by atomic mass is 16.5. The summed E-state index contributed by atoms with van der Waals surface area (Å²) in [6, 6.07) is 6.83. The van der Waals surface area contributed by atoms with Crippen LogP contribution in [0.4, 0.5) is 5.69 Å². The standard InChI is InChI=1S/C18H24N2O4/c1-3-24-18(23)15-10-6-7-11-16(15)19-17(22)12-20(13(2)21)14-8-4-5-9-14/h6-7,10-11,14H,3-5,8-9,12H2,1-2H3,(H,19,22). The molecule has 0 spiro atoms. The van der Waals surface area contributed by atoms with Gasteiger partial charge in [0.2, 0.25) is 11.8 Å². The summed E-state index contributed by atoms with van der Waals surface area (Å²) < 4.78 is 5.00. The molecular weight excluding hydrogens is 308 g/mol. The minimum Gasteiger partial charge on any atom is -0.462 e. The topological polar surface area (TPSA) is 75.7 Å². The molecule has 2 rings (SSSR count). The number of hydrogen-bond donors (Lipinski definition) is 1. The second-order valence-corrected chi connectivity index (χ2v) is 5.90. The summed E-state index contributed by atoms with van der Waals surface area (Å²) >= 11 is 0. The Morgan fingerprint density at radius 1 is 1.21 bits per heavy atom. The number of esters is 1. The number of benzene rings is 1. The molecule has 130 valence electrons. The molecule has 1 aliphatic rings. The maximum atomic E-state index is 12.4. The van der Waals surface area contributed by atoms with Crippen molar-refractivity contribution in [2.24, 2.45) is 0 Å². The largest absolute Gasteiger partial charge is 0.462 e. The minimum atomic E-state index is -0.479. The molecule has 1 N–H and O–H groups in total. The van der Waals surface area contributed by atoms with Gasteiger partial charge in [-0.15, -0.1) is 0 Å². The number of hydrogen-bond acceptors (Lipinski definition) is 4. The van der Waals surface area contributed by atoms with Gasteiger partial charge in [-0.05, 0) is 31.9 Å². The molecule has 0 heterocycles.